The molecule has 0 aliphatic carbocycles. The first-order valence-corrected chi connectivity index (χ1v) is 6.26. The van der Waals surface area contributed by atoms with Crippen LogP contribution in [-0.2, 0) is 10.0 Å². The van der Waals surface area contributed by atoms with Crippen molar-refractivity contribution in [3.05, 3.63) is 29.1 Å². The van der Waals surface area contributed by atoms with Crippen molar-refractivity contribution in [2.45, 2.75) is 17.9 Å². The van der Waals surface area contributed by atoms with E-state index in [9.17, 15) is 30.4 Å². The molecule has 0 saturated heterocycles. The Bertz CT molecular complexity index is 575. The summed E-state index contributed by atoms with van der Waals surface area (Å²) in [6.07, 6.45) is 0. The Morgan fingerprint density at radius 2 is 1.37 bits per heavy atom. The summed E-state index contributed by atoms with van der Waals surface area (Å²) < 4.78 is 89.5. The zero-order chi connectivity index (χ0) is 15.0. The molecule has 0 spiro atoms. The highest BCUT2D eigenvalue weighted by Crippen LogP contribution is 2.26. The van der Waals surface area contributed by atoms with E-state index in [4.69, 9.17) is 5.11 Å². The van der Waals surface area contributed by atoms with Gasteiger partial charge in [0.1, 0.15) is 0 Å². The van der Waals surface area contributed by atoms with Gasteiger partial charge in [-0.3, -0.25) is 0 Å². The zero-order valence-corrected chi connectivity index (χ0v) is 10.2. The molecular weight excluding hydrogens is 297 g/mol. The summed E-state index contributed by atoms with van der Waals surface area (Å²) in [4.78, 5) is -1.98. The van der Waals surface area contributed by atoms with Gasteiger partial charge in [-0.1, -0.05) is 0 Å². The van der Waals surface area contributed by atoms with Crippen LogP contribution >= 0.6 is 0 Å². The second-order valence-electron chi connectivity index (χ2n) is 3.60. The minimum absolute atomic E-state index is 0.728. The highest BCUT2D eigenvalue weighted by molar-refractivity contribution is 7.89. The summed E-state index contributed by atoms with van der Waals surface area (Å²) in [5.74, 6) is -12.1. The molecule has 0 aromatic heterocycles. The Morgan fingerprint density at radius 1 is 1.00 bits per heavy atom. The summed E-state index contributed by atoms with van der Waals surface area (Å²) >= 11 is 0. The second-order valence-corrected chi connectivity index (χ2v) is 5.25. The molecule has 0 fully saturated rings. The Morgan fingerprint density at radius 3 is 1.74 bits per heavy atom. The maximum Gasteiger partial charge on any atom is 0.246 e. The molecule has 0 radical (unpaired) electrons. The standard InChI is InChI=1S/C9H8F5NO3S/c1-3(2-16)15-19(17,18)9-7(13)5(11)4(10)6(12)8(9)14/h3,15-16H,2H2,1H3/t3-/m1/s1. The number of aliphatic hydroxyl groups is 1. The fraction of sp³-hybridized carbons (Fsp3) is 0.333. The van der Waals surface area contributed by atoms with E-state index in [1.54, 1.807) is 4.72 Å². The molecule has 1 aromatic rings. The van der Waals surface area contributed by atoms with E-state index in [-0.39, 0.29) is 0 Å². The highest BCUT2D eigenvalue weighted by Gasteiger charge is 2.33. The lowest BCUT2D eigenvalue weighted by Crippen LogP contribution is -2.36. The lowest BCUT2D eigenvalue weighted by Gasteiger charge is -2.13. The second kappa shape index (κ2) is 5.39. The Labute approximate surface area is 104 Å². The van der Waals surface area contributed by atoms with Crippen LogP contribution in [-0.4, -0.2) is 26.2 Å². The van der Waals surface area contributed by atoms with Crippen LogP contribution in [0.5, 0.6) is 0 Å². The van der Waals surface area contributed by atoms with E-state index in [0.717, 1.165) is 6.92 Å². The van der Waals surface area contributed by atoms with Crippen molar-refractivity contribution in [2.75, 3.05) is 6.61 Å². The largest absolute Gasteiger partial charge is 0.395 e. The van der Waals surface area contributed by atoms with Crippen LogP contribution in [0.2, 0.25) is 0 Å². The van der Waals surface area contributed by atoms with Gasteiger partial charge in [-0.2, -0.15) is 0 Å². The van der Waals surface area contributed by atoms with Crippen molar-refractivity contribution in [2.24, 2.45) is 0 Å². The van der Waals surface area contributed by atoms with Gasteiger partial charge in [0.05, 0.1) is 6.61 Å². The molecule has 0 heterocycles. The first-order chi connectivity index (χ1) is 8.63. The molecule has 4 nitrogen and oxygen atoms in total. The molecule has 1 rings (SSSR count). The van der Waals surface area contributed by atoms with Crippen LogP contribution in [0.15, 0.2) is 4.90 Å². The third kappa shape index (κ3) is 2.85. The van der Waals surface area contributed by atoms with E-state index in [2.05, 4.69) is 0 Å². The fourth-order valence-corrected chi connectivity index (χ4v) is 2.55. The molecule has 0 aliphatic rings. The summed E-state index contributed by atoms with van der Waals surface area (Å²) in [7, 11) is -5.00. The monoisotopic (exact) mass is 305 g/mol. The van der Waals surface area contributed by atoms with Gasteiger partial charge in [-0.05, 0) is 6.92 Å². The molecule has 10 heteroatoms. The summed E-state index contributed by atoms with van der Waals surface area (Å²) in [6, 6.07) is -1.17. The topological polar surface area (TPSA) is 66.4 Å². The number of rotatable bonds is 4. The SMILES string of the molecule is C[C@H](CO)NS(=O)(=O)c1c(F)c(F)c(F)c(F)c1F. The Kier molecular flexibility index (Phi) is 4.48. The van der Waals surface area contributed by atoms with Gasteiger partial charge in [0.25, 0.3) is 0 Å². The van der Waals surface area contributed by atoms with Gasteiger partial charge in [0, 0.05) is 6.04 Å². The van der Waals surface area contributed by atoms with Gasteiger partial charge in [-0.25, -0.2) is 35.1 Å². The number of sulfonamides is 1. The quantitative estimate of drug-likeness (QED) is 0.496. The van der Waals surface area contributed by atoms with Gasteiger partial charge < -0.3 is 5.11 Å². The van der Waals surface area contributed by atoms with Crippen molar-refractivity contribution in [1.82, 2.24) is 4.72 Å². The number of hydrogen-bond acceptors (Lipinski definition) is 3. The average molecular weight is 305 g/mol. The number of aliphatic hydroxyl groups excluding tert-OH is 1. The van der Waals surface area contributed by atoms with Crippen molar-refractivity contribution < 1.29 is 35.5 Å². The summed E-state index contributed by atoms with van der Waals surface area (Å²) in [6.45, 7) is 0.401. The Balaban J connectivity index is 3.52. The van der Waals surface area contributed by atoms with E-state index in [1.165, 1.54) is 0 Å². The lowest BCUT2D eigenvalue weighted by molar-refractivity contribution is 0.264. The van der Waals surface area contributed by atoms with Gasteiger partial charge >= 0.3 is 0 Å². The van der Waals surface area contributed by atoms with Crippen LogP contribution in [0, 0.1) is 29.1 Å². The van der Waals surface area contributed by atoms with Crippen molar-refractivity contribution >= 4 is 10.0 Å². The van der Waals surface area contributed by atoms with Crippen LogP contribution in [0.25, 0.3) is 0 Å². The predicted octanol–water partition coefficient (Wildman–Crippen LogP) is 1.04. The minimum atomic E-state index is -5.00. The van der Waals surface area contributed by atoms with Crippen LogP contribution in [0.1, 0.15) is 6.92 Å². The third-order valence-corrected chi connectivity index (χ3v) is 3.68. The predicted molar refractivity (Wildman–Crippen MR) is 53.1 cm³/mol. The molecule has 19 heavy (non-hydrogen) atoms. The van der Waals surface area contributed by atoms with Gasteiger partial charge in [0.2, 0.25) is 15.8 Å². The average Bonchev–Trinajstić information content (AvgIpc) is 2.33. The maximum absolute atomic E-state index is 13.2. The molecule has 1 aromatic carbocycles. The van der Waals surface area contributed by atoms with Gasteiger partial charge in [-0.15, -0.1) is 0 Å². The van der Waals surface area contributed by atoms with E-state index in [1.807, 2.05) is 0 Å². The van der Waals surface area contributed by atoms with Crippen molar-refractivity contribution in [1.29, 1.82) is 0 Å². The molecule has 108 valence electrons. The van der Waals surface area contributed by atoms with E-state index in [0.29, 0.717) is 0 Å². The molecule has 0 saturated carbocycles. The van der Waals surface area contributed by atoms with E-state index < -0.39 is 56.7 Å². The van der Waals surface area contributed by atoms with Crippen LogP contribution in [0.3, 0.4) is 0 Å². The molecule has 0 bridgehead atoms. The number of benzene rings is 1. The van der Waals surface area contributed by atoms with Crippen LogP contribution in [0.4, 0.5) is 22.0 Å². The molecule has 0 unspecified atom stereocenters. The first kappa shape index (κ1) is 15.8. The number of nitrogens with one attached hydrogen (secondary N) is 1. The Hall–Kier alpha value is -1.26. The molecule has 1 atom stereocenters. The molecule has 2 N–H and O–H groups in total. The van der Waals surface area contributed by atoms with Crippen molar-refractivity contribution in [3.8, 4) is 0 Å². The summed E-state index contributed by atoms with van der Waals surface area (Å²) in [5.41, 5.74) is 0. The maximum atomic E-state index is 13.2. The molecule has 0 amide bonds. The van der Waals surface area contributed by atoms with E-state index >= 15 is 0 Å². The minimum Gasteiger partial charge on any atom is -0.395 e. The third-order valence-electron chi connectivity index (χ3n) is 2.07. The number of halogens is 5. The molecular formula is C9H8F5NO3S. The number of hydrogen-bond donors (Lipinski definition) is 2. The normalized spacial score (nSPS) is 13.6. The first-order valence-electron chi connectivity index (χ1n) is 4.78. The zero-order valence-electron chi connectivity index (χ0n) is 9.35. The fourth-order valence-electron chi connectivity index (χ4n) is 1.18. The smallest absolute Gasteiger partial charge is 0.246 e. The van der Waals surface area contributed by atoms with Crippen molar-refractivity contribution in [3.63, 3.8) is 0 Å². The lowest BCUT2D eigenvalue weighted by atomic mass is 10.3. The molecule has 0 aliphatic heterocycles. The summed E-state index contributed by atoms with van der Waals surface area (Å²) in [5, 5.41) is 8.61. The van der Waals surface area contributed by atoms with Crippen LogP contribution < -0.4 is 4.72 Å². The van der Waals surface area contributed by atoms with Gasteiger partial charge in [0.15, 0.2) is 28.2 Å². The highest BCUT2D eigenvalue weighted by atomic mass is 32.2.